The highest BCUT2D eigenvalue weighted by molar-refractivity contribution is 9.10. The van der Waals surface area contributed by atoms with Crippen LogP contribution in [0.5, 0.6) is 0 Å². The zero-order valence-corrected chi connectivity index (χ0v) is 15.5. The minimum atomic E-state index is -1.03. The molecule has 1 aromatic heterocycles. The van der Waals surface area contributed by atoms with Gasteiger partial charge in [-0.1, -0.05) is 28.1 Å². The smallest absolute Gasteiger partial charge is 0.276 e. The van der Waals surface area contributed by atoms with Crippen molar-refractivity contribution in [2.24, 2.45) is 0 Å². The van der Waals surface area contributed by atoms with Gasteiger partial charge in [0.15, 0.2) is 17.3 Å². The molecule has 1 amide bonds. The second kappa shape index (κ2) is 7.21. The number of anilines is 1. The van der Waals surface area contributed by atoms with Gasteiger partial charge >= 0.3 is 0 Å². The molecule has 1 aliphatic heterocycles. The number of rotatable bonds is 3. The third kappa shape index (κ3) is 3.77. The molecule has 8 heteroatoms. The highest BCUT2D eigenvalue weighted by Crippen LogP contribution is 2.27. The molecule has 138 valence electrons. The summed E-state index contributed by atoms with van der Waals surface area (Å²) in [5.41, 5.74) is 2.15. The maximum Gasteiger partial charge on any atom is 0.276 e. The van der Waals surface area contributed by atoms with Crippen molar-refractivity contribution in [3.8, 4) is 0 Å². The second-order valence-electron chi connectivity index (χ2n) is 6.14. The first-order valence-corrected chi connectivity index (χ1v) is 8.99. The summed E-state index contributed by atoms with van der Waals surface area (Å²) in [4.78, 5) is 12.4. The largest absolute Gasteiger partial charge is 0.365 e. The van der Waals surface area contributed by atoms with Crippen molar-refractivity contribution in [2.75, 3.05) is 5.32 Å². The molecule has 0 saturated carbocycles. The molecule has 1 N–H and O–H groups in total. The molecule has 27 heavy (non-hydrogen) atoms. The number of fused-ring (bicyclic) bond motifs is 1. The lowest BCUT2D eigenvalue weighted by Gasteiger charge is -2.24. The van der Waals surface area contributed by atoms with Crippen LogP contribution >= 0.6 is 15.9 Å². The number of amides is 1. The number of nitrogens with one attached hydrogen (secondary N) is 1. The Labute approximate surface area is 162 Å². The molecule has 1 unspecified atom stereocenters. The molecule has 5 nitrogen and oxygen atoms in total. The summed E-state index contributed by atoms with van der Waals surface area (Å²) < 4.78 is 34.9. The van der Waals surface area contributed by atoms with E-state index < -0.39 is 17.5 Å². The highest BCUT2D eigenvalue weighted by atomic mass is 79.9. The summed E-state index contributed by atoms with van der Waals surface area (Å²) in [5.74, 6) is -2.49. The van der Waals surface area contributed by atoms with E-state index in [1.807, 2.05) is 24.3 Å². The fourth-order valence-electron chi connectivity index (χ4n) is 2.88. The zero-order chi connectivity index (χ0) is 19.0. The lowest BCUT2D eigenvalue weighted by Crippen LogP contribution is -2.22. The van der Waals surface area contributed by atoms with E-state index in [-0.39, 0.29) is 17.5 Å². The number of nitrogens with zero attached hydrogens (tertiary/aromatic N) is 2. The van der Waals surface area contributed by atoms with Crippen LogP contribution < -0.4 is 5.32 Å². The Kier molecular flexibility index (Phi) is 4.75. The topological polar surface area (TPSA) is 56.2 Å². The highest BCUT2D eigenvalue weighted by Gasteiger charge is 2.24. The fraction of sp³-hybridized carbons (Fsp3) is 0.158. The Morgan fingerprint density at radius 3 is 2.67 bits per heavy atom. The predicted octanol–water partition coefficient (Wildman–Crippen LogP) is 4.45. The summed E-state index contributed by atoms with van der Waals surface area (Å²) >= 11 is 3.40. The molecule has 4 rings (SSSR count). The van der Waals surface area contributed by atoms with Crippen LogP contribution in [0.1, 0.15) is 27.8 Å². The van der Waals surface area contributed by atoms with Crippen molar-refractivity contribution in [1.29, 1.82) is 0 Å². The normalized spacial score (nSPS) is 16.0. The molecule has 0 fully saturated rings. The number of hydrogen-bond acceptors (Lipinski definition) is 3. The molecular formula is C19H14BrF2N3O2. The van der Waals surface area contributed by atoms with E-state index in [0.717, 1.165) is 27.9 Å². The van der Waals surface area contributed by atoms with E-state index in [9.17, 15) is 13.6 Å². The summed E-state index contributed by atoms with van der Waals surface area (Å²) in [7, 11) is 0. The van der Waals surface area contributed by atoms with Crippen LogP contribution in [-0.2, 0) is 17.9 Å². The third-order valence-corrected chi connectivity index (χ3v) is 4.82. The Morgan fingerprint density at radius 1 is 1.15 bits per heavy atom. The van der Waals surface area contributed by atoms with Gasteiger partial charge in [0.2, 0.25) is 0 Å². The van der Waals surface area contributed by atoms with Crippen molar-refractivity contribution in [2.45, 2.75) is 19.3 Å². The first-order chi connectivity index (χ1) is 13.0. The first-order valence-electron chi connectivity index (χ1n) is 8.20. The van der Waals surface area contributed by atoms with Gasteiger partial charge in [0.1, 0.15) is 6.10 Å². The SMILES string of the molecule is O=C(Nc1ccc(F)c(F)c1)c1cc2n(n1)CC(c1ccc(Br)cc1)OC2. The Morgan fingerprint density at radius 2 is 1.93 bits per heavy atom. The van der Waals surface area contributed by atoms with Gasteiger partial charge in [-0.3, -0.25) is 9.48 Å². The van der Waals surface area contributed by atoms with Crippen LogP contribution in [0.2, 0.25) is 0 Å². The molecule has 0 bridgehead atoms. The standard InChI is InChI=1S/C19H14BrF2N3O2/c20-12-3-1-11(2-4-12)18-9-25-14(10-27-18)8-17(24-25)19(26)23-13-5-6-15(21)16(22)7-13/h1-8,18H,9-10H2,(H,23,26). The number of halogens is 3. The van der Waals surface area contributed by atoms with Crippen molar-refractivity contribution < 1.29 is 18.3 Å². The van der Waals surface area contributed by atoms with Gasteiger partial charge in [-0.2, -0.15) is 5.10 Å². The van der Waals surface area contributed by atoms with Crippen LogP contribution in [0.4, 0.5) is 14.5 Å². The number of benzene rings is 2. The molecule has 0 aliphatic carbocycles. The average molecular weight is 434 g/mol. The van der Waals surface area contributed by atoms with Gasteiger partial charge in [-0.05, 0) is 35.9 Å². The summed E-state index contributed by atoms with van der Waals surface area (Å²) in [6.45, 7) is 0.807. The van der Waals surface area contributed by atoms with Crippen molar-refractivity contribution in [3.63, 3.8) is 0 Å². The summed E-state index contributed by atoms with van der Waals surface area (Å²) in [6.07, 6.45) is -0.160. The second-order valence-corrected chi connectivity index (χ2v) is 7.05. The predicted molar refractivity (Wildman–Crippen MR) is 98.2 cm³/mol. The van der Waals surface area contributed by atoms with Gasteiger partial charge in [0.25, 0.3) is 5.91 Å². The Balaban J connectivity index is 1.50. The molecule has 1 atom stereocenters. The van der Waals surface area contributed by atoms with Gasteiger partial charge < -0.3 is 10.1 Å². The number of carbonyl (C=O) groups is 1. The van der Waals surface area contributed by atoms with Crippen LogP contribution in [0.3, 0.4) is 0 Å². The van der Waals surface area contributed by atoms with Crippen LogP contribution in [0, 0.1) is 11.6 Å². The van der Waals surface area contributed by atoms with Gasteiger partial charge in [0, 0.05) is 16.2 Å². The monoisotopic (exact) mass is 433 g/mol. The lowest BCUT2D eigenvalue weighted by molar-refractivity contribution is -0.00119. The first kappa shape index (κ1) is 17.8. The zero-order valence-electron chi connectivity index (χ0n) is 14.0. The van der Waals surface area contributed by atoms with E-state index in [1.165, 1.54) is 6.07 Å². The fourth-order valence-corrected chi connectivity index (χ4v) is 3.15. The number of ether oxygens (including phenoxy) is 1. The molecule has 2 heterocycles. The summed E-state index contributed by atoms with van der Waals surface area (Å²) in [6, 6.07) is 12.6. The molecule has 1 aliphatic rings. The van der Waals surface area contributed by atoms with Gasteiger partial charge in [0.05, 0.1) is 18.8 Å². The Hall–Kier alpha value is -2.58. The summed E-state index contributed by atoms with van der Waals surface area (Å²) in [5, 5.41) is 6.84. The number of hydrogen-bond donors (Lipinski definition) is 1. The lowest BCUT2D eigenvalue weighted by atomic mass is 10.1. The average Bonchev–Trinajstić information content (AvgIpc) is 3.09. The maximum atomic E-state index is 13.3. The molecule has 0 spiro atoms. The number of aromatic nitrogens is 2. The van der Waals surface area contributed by atoms with E-state index in [4.69, 9.17) is 4.74 Å². The molecular weight excluding hydrogens is 420 g/mol. The molecule has 3 aromatic rings. The van der Waals surface area contributed by atoms with Crippen molar-refractivity contribution in [1.82, 2.24) is 9.78 Å². The van der Waals surface area contributed by atoms with E-state index in [1.54, 1.807) is 10.7 Å². The van der Waals surface area contributed by atoms with E-state index >= 15 is 0 Å². The van der Waals surface area contributed by atoms with Crippen molar-refractivity contribution in [3.05, 3.63) is 81.6 Å². The Bertz CT molecular complexity index is 1000. The van der Waals surface area contributed by atoms with E-state index in [2.05, 4.69) is 26.3 Å². The van der Waals surface area contributed by atoms with Crippen LogP contribution in [0.15, 0.2) is 53.0 Å². The molecule has 0 radical (unpaired) electrons. The van der Waals surface area contributed by atoms with Crippen LogP contribution in [0.25, 0.3) is 0 Å². The van der Waals surface area contributed by atoms with Gasteiger partial charge in [-0.15, -0.1) is 0 Å². The quantitative estimate of drug-likeness (QED) is 0.663. The third-order valence-electron chi connectivity index (χ3n) is 4.29. The molecule has 2 aromatic carbocycles. The van der Waals surface area contributed by atoms with Crippen molar-refractivity contribution >= 4 is 27.5 Å². The van der Waals surface area contributed by atoms with Gasteiger partial charge in [-0.25, -0.2) is 8.78 Å². The number of carbonyl (C=O) groups excluding carboxylic acids is 1. The maximum absolute atomic E-state index is 13.3. The van der Waals surface area contributed by atoms with E-state index in [0.29, 0.717) is 13.2 Å². The van der Waals surface area contributed by atoms with Crippen LogP contribution in [-0.4, -0.2) is 15.7 Å². The minimum Gasteiger partial charge on any atom is -0.365 e. The minimum absolute atomic E-state index is 0.160. The molecule has 0 saturated heterocycles.